The van der Waals surface area contributed by atoms with E-state index in [1.165, 1.54) is 11.0 Å². The van der Waals surface area contributed by atoms with Crippen molar-refractivity contribution in [3.05, 3.63) is 89.5 Å². The number of carbonyl (C=O) groups is 3. The van der Waals surface area contributed by atoms with Gasteiger partial charge in [-0.15, -0.1) is 0 Å². The monoisotopic (exact) mass is 516 g/mol. The third kappa shape index (κ3) is 6.51. The highest BCUT2D eigenvalue weighted by Crippen LogP contribution is 2.28. The van der Waals surface area contributed by atoms with Crippen molar-refractivity contribution in [2.75, 3.05) is 0 Å². The molecule has 8 nitrogen and oxygen atoms in total. The molecule has 3 aromatic rings. The van der Waals surface area contributed by atoms with Gasteiger partial charge in [0.05, 0.1) is 6.54 Å². The van der Waals surface area contributed by atoms with Crippen LogP contribution in [0.4, 0.5) is 4.79 Å². The van der Waals surface area contributed by atoms with Gasteiger partial charge in [-0.05, 0) is 60.7 Å². The molecule has 38 heavy (non-hydrogen) atoms. The summed E-state index contributed by atoms with van der Waals surface area (Å²) in [6.45, 7) is 5.24. The topological polar surface area (TPSA) is 116 Å². The summed E-state index contributed by atoms with van der Waals surface area (Å²) in [4.78, 5) is 39.8. The number of nitrogens with zero attached hydrogens (tertiary/aromatic N) is 1. The summed E-state index contributed by atoms with van der Waals surface area (Å²) in [5.74, 6) is -1.70. The van der Waals surface area contributed by atoms with Crippen molar-refractivity contribution in [1.29, 1.82) is 0 Å². The highest BCUT2D eigenvalue weighted by molar-refractivity contribution is 5.90. The molecule has 0 saturated carbocycles. The number of aromatic hydroxyl groups is 1. The summed E-state index contributed by atoms with van der Waals surface area (Å²) < 4.78 is 5.53. The Morgan fingerprint density at radius 2 is 1.63 bits per heavy atom. The molecule has 0 spiro atoms. The van der Waals surface area contributed by atoms with Crippen LogP contribution in [0.15, 0.2) is 72.8 Å². The zero-order valence-electron chi connectivity index (χ0n) is 21.7. The molecule has 0 aromatic heterocycles. The van der Waals surface area contributed by atoms with E-state index < -0.39 is 35.7 Å². The second-order valence-corrected chi connectivity index (χ2v) is 10.4. The summed E-state index contributed by atoms with van der Waals surface area (Å²) in [7, 11) is 0. The lowest BCUT2D eigenvalue weighted by Crippen LogP contribution is -2.56. The minimum atomic E-state index is -1.19. The fourth-order valence-corrected chi connectivity index (χ4v) is 4.49. The van der Waals surface area contributed by atoms with Gasteiger partial charge in [-0.1, -0.05) is 60.7 Å². The summed E-state index contributed by atoms with van der Waals surface area (Å²) >= 11 is 0. The predicted molar refractivity (Wildman–Crippen MR) is 143 cm³/mol. The van der Waals surface area contributed by atoms with Gasteiger partial charge < -0.3 is 20.3 Å². The Hall–Kier alpha value is -4.33. The minimum absolute atomic E-state index is 0.0510. The number of ether oxygens (including phenoxy) is 1. The minimum Gasteiger partial charge on any atom is -0.508 e. The first-order chi connectivity index (χ1) is 18.0. The Labute approximate surface area is 221 Å². The van der Waals surface area contributed by atoms with Crippen molar-refractivity contribution in [2.24, 2.45) is 0 Å². The smallest absolute Gasteiger partial charge is 0.411 e. The Bertz CT molecular complexity index is 1310. The first-order valence-electron chi connectivity index (χ1n) is 12.5. The van der Waals surface area contributed by atoms with Gasteiger partial charge >= 0.3 is 12.1 Å². The Kier molecular flexibility index (Phi) is 7.71. The van der Waals surface area contributed by atoms with Gasteiger partial charge in [0.2, 0.25) is 5.91 Å². The molecule has 3 aromatic carbocycles. The number of carboxylic acids is 1. The quantitative estimate of drug-likeness (QED) is 0.443. The van der Waals surface area contributed by atoms with E-state index in [2.05, 4.69) is 5.32 Å². The lowest BCUT2D eigenvalue weighted by Gasteiger charge is -2.37. The normalized spacial score (nSPS) is 15.8. The van der Waals surface area contributed by atoms with Crippen molar-refractivity contribution in [3.63, 3.8) is 0 Å². The zero-order valence-corrected chi connectivity index (χ0v) is 21.7. The summed E-state index contributed by atoms with van der Waals surface area (Å²) in [5, 5.41) is 22.4. The van der Waals surface area contributed by atoms with Crippen LogP contribution in [0, 0.1) is 0 Å². The molecule has 0 unspecified atom stereocenters. The molecular formula is C30H32N2O6. The van der Waals surface area contributed by atoms with Crippen molar-refractivity contribution in [3.8, 4) is 16.9 Å². The molecule has 0 radical (unpaired) electrons. The average Bonchev–Trinajstić information content (AvgIpc) is 2.87. The highest BCUT2D eigenvalue weighted by atomic mass is 16.6. The maximum absolute atomic E-state index is 13.4. The van der Waals surface area contributed by atoms with E-state index in [4.69, 9.17) is 4.74 Å². The average molecular weight is 517 g/mol. The number of aliphatic carboxylic acids is 1. The largest absolute Gasteiger partial charge is 0.508 e. The van der Waals surface area contributed by atoms with E-state index in [1.807, 2.05) is 54.6 Å². The van der Waals surface area contributed by atoms with E-state index in [0.29, 0.717) is 5.56 Å². The van der Waals surface area contributed by atoms with Crippen molar-refractivity contribution in [2.45, 2.75) is 57.8 Å². The van der Waals surface area contributed by atoms with Gasteiger partial charge in [0, 0.05) is 12.8 Å². The van der Waals surface area contributed by atoms with Gasteiger partial charge in [0.25, 0.3) is 0 Å². The maximum atomic E-state index is 13.4. The number of hydrogen-bond acceptors (Lipinski definition) is 5. The molecule has 0 fully saturated rings. The lowest BCUT2D eigenvalue weighted by atomic mass is 9.93. The summed E-state index contributed by atoms with van der Waals surface area (Å²) in [6, 6.07) is 20.0. The van der Waals surface area contributed by atoms with E-state index in [-0.39, 0.29) is 25.1 Å². The third-order valence-electron chi connectivity index (χ3n) is 6.37. The molecule has 2 amide bonds. The molecule has 1 aliphatic rings. The summed E-state index contributed by atoms with van der Waals surface area (Å²) in [6.07, 6.45) is -0.437. The third-order valence-corrected chi connectivity index (χ3v) is 6.37. The number of nitrogens with one attached hydrogen (secondary N) is 1. The Balaban J connectivity index is 1.52. The molecule has 0 aliphatic carbocycles. The number of carboxylic acid groups (broad SMARTS) is 1. The molecule has 0 saturated heterocycles. The molecule has 1 heterocycles. The van der Waals surface area contributed by atoms with Gasteiger partial charge in [0.15, 0.2) is 0 Å². The van der Waals surface area contributed by atoms with E-state index >= 15 is 0 Å². The van der Waals surface area contributed by atoms with Crippen LogP contribution >= 0.6 is 0 Å². The first kappa shape index (κ1) is 26.7. The molecule has 2 atom stereocenters. The fraction of sp³-hybridized carbons (Fsp3) is 0.300. The number of hydrogen-bond donors (Lipinski definition) is 3. The molecule has 198 valence electrons. The SMILES string of the molecule is CC(C)(C)OC(=O)N1Cc2cc(O)ccc2C[C@H]1C(=O)N[C@@H](Cc1ccc(-c2ccccc2)cc1)C(=O)O. The Morgan fingerprint density at radius 1 is 0.974 bits per heavy atom. The second-order valence-electron chi connectivity index (χ2n) is 10.4. The van der Waals surface area contributed by atoms with Crippen LogP contribution in [0.25, 0.3) is 11.1 Å². The number of fused-ring (bicyclic) bond motifs is 1. The number of rotatable bonds is 6. The fourth-order valence-electron chi connectivity index (χ4n) is 4.49. The van der Waals surface area contributed by atoms with Gasteiger partial charge in [-0.2, -0.15) is 0 Å². The van der Waals surface area contributed by atoms with Gasteiger partial charge in [-0.3, -0.25) is 9.69 Å². The molecule has 8 heteroatoms. The van der Waals surface area contributed by atoms with Crippen LogP contribution in [0.3, 0.4) is 0 Å². The van der Waals surface area contributed by atoms with Gasteiger partial charge in [0.1, 0.15) is 23.4 Å². The number of phenols is 1. The number of phenolic OH excluding ortho intramolecular Hbond substituents is 1. The second kappa shape index (κ2) is 11.0. The van der Waals surface area contributed by atoms with Crippen LogP contribution in [-0.2, 0) is 33.7 Å². The number of amides is 2. The van der Waals surface area contributed by atoms with Crippen LogP contribution in [0.2, 0.25) is 0 Å². The first-order valence-corrected chi connectivity index (χ1v) is 12.5. The van der Waals surface area contributed by atoms with Crippen LogP contribution < -0.4 is 5.32 Å². The molecular weight excluding hydrogens is 484 g/mol. The standard InChI is InChI=1S/C30H32N2O6/c1-30(2,3)38-29(37)32-18-23-16-24(33)14-13-22(23)17-26(32)27(34)31-25(28(35)36)15-19-9-11-21(12-10-19)20-7-5-4-6-8-20/h4-14,16,25-26,33H,15,17-18H2,1-3H3,(H,31,34)(H,35,36)/t25-,26-/m0/s1. The predicted octanol–water partition coefficient (Wildman–Crippen LogP) is 4.53. The number of carbonyl (C=O) groups excluding carboxylic acids is 2. The van der Waals surface area contributed by atoms with E-state index in [1.54, 1.807) is 32.9 Å². The molecule has 4 rings (SSSR count). The number of benzene rings is 3. The van der Waals surface area contributed by atoms with Crippen molar-refractivity contribution >= 4 is 18.0 Å². The maximum Gasteiger partial charge on any atom is 0.411 e. The van der Waals surface area contributed by atoms with Gasteiger partial charge in [-0.25, -0.2) is 9.59 Å². The molecule has 0 bridgehead atoms. The van der Waals surface area contributed by atoms with E-state index in [9.17, 15) is 24.6 Å². The zero-order chi connectivity index (χ0) is 27.4. The van der Waals surface area contributed by atoms with Crippen LogP contribution in [0.1, 0.15) is 37.5 Å². The highest BCUT2D eigenvalue weighted by Gasteiger charge is 2.38. The Morgan fingerprint density at radius 3 is 2.26 bits per heavy atom. The molecule has 3 N–H and O–H groups in total. The summed E-state index contributed by atoms with van der Waals surface area (Å²) in [5.41, 5.74) is 3.53. The molecule has 1 aliphatic heterocycles. The van der Waals surface area contributed by atoms with Crippen LogP contribution in [0.5, 0.6) is 5.75 Å². The van der Waals surface area contributed by atoms with Crippen LogP contribution in [-0.4, -0.2) is 50.8 Å². The van der Waals surface area contributed by atoms with Crippen molar-refractivity contribution < 1.29 is 29.3 Å². The van der Waals surface area contributed by atoms with Crippen molar-refractivity contribution in [1.82, 2.24) is 10.2 Å². The lowest BCUT2D eigenvalue weighted by molar-refractivity contribution is -0.142. The van der Waals surface area contributed by atoms with E-state index in [0.717, 1.165) is 22.3 Å².